The number of aryl methyl sites for hydroxylation is 1. The van der Waals surface area contributed by atoms with Gasteiger partial charge in [-0.3, -0.25) is 0 Å². The molecule has 0 nitrogen and oxygen atoms in total. The highest BCUT2D eigenvalue weighted by Crippen LogP contribution is 2.39. The molecule has 18 heavy (non-hydrogen) atoms. The summed E-state index contributed by atoms with van der Waals surface area (Å²) in [6, 6.07) is 9.88. The monoisotopic (exact) mass is 318 g/mol. The van der Waals surface area contributed by atoms with Crippen LogP contribution in [0.2, 0.25) is 20.1 Å². The highest BCUT2D eigenvalue weighted by Gasteiger charge is 2.13. The van der Waals surface area contributed by atoms with E-state index in [2.05, 4.69) is 19.1 Å². The SMILES string of the molecule is Cc1ccccc1Cc1cc(Cl)c(Cl)c(Cl)c1Cl. The van der Waals surface area contributed by atoms with Crippen LogP contribution in [-0.2, 0) is 6.42 Å². The summed E-state index contributed by atoms with van der Waals surface area (Å²) in [6.07, 6.45) is 0.683. The number of halogens is 4. The van der Waals surface area contributed by atoms with Gasteiger partial charge in [0.2, 0.25) is 0 Å². The summed E-state index contributed by atoms with van der Waals surface area (Å²) in [7, 11) is 0. The van der Waals surface area contributed by atoms with E-state index in [1.807, 2.05) is 12.1 Å². The number of benzene rings is 2. The highest BCUT2D eigenvalue weighted by atomic mass is 35.5. The Morgan fingerprint density at radius 3 is 2.17 bits per heavy atom. The van der Waals surface area contributed by atoms with Crippen LogP contribution < -0.4 is 0 Å². The minimum atomic E-state index is 0.303. The summed E-state index contributed by atoms with van der Waals surface area (Å²) in [5.74, 6) is 0. The molecule has 2 aromatic rings. The van der Waals surface area contributed by atoms with Gasteiger partial charge in [0.25, 0.3) is 0 Å². The van der Waals surface area contributed by atoms with Crippen LogP contribution in [-0.4, -0.2) is 0 Å². The average molecular weight is 320 g/mol. The van der Waals surface area contributed by atoms with Crippen molar-refractivity contribution in [1.82, 2.24) is 0 Å². The van der Waals surface area contributed by atoms with E-state index in [0.29, 0.717) is 26.5 Å². The number of hydrogen-bond acceptors (Lipinski definition) is 0. The van der Waals surface area contributed by atoms with Gasteiger partial charge in [0.15, 0.2) is 0 Å². The summed E-state index contributed by atoms with van der Waals surface area (Å²) in [6.45, 7) is 2.06. The lowest BCUT2D eigenvalue weighted by molar-refractivity contribution is 1.16. The third-order valence-corrected chi connectivity index (χ3v) is 4.61. The lowest BCUT2D eigenvalue weighted by Crippen LogP contribution is -1.93. The van der Waals surface area contributed by atoms with E-state index in [4.69, 9.17) is 46.4 Å². The molecule has 2 rings (SSSR count). The minimum absolute atomic E-state index is 0.303. The van der Waals surface area contributed by atoms with Crippen LogP contribution in [0.4, 0.5) is 0 Å². The average Bonchev–Trinajstić information content (AvgIpc) is 2.36. The Morgan fingerprint density at radius 2 is 1.50 bits per heavy atom. The molecule has 2 aromatic carbocycles. The molecule has 0 unspecified atom stereocenters. The molecular weight excluding hydrogens is 310 g/mol. The van der Waals surface area contributed by atoms with Gasteiger partial charge in [0.05, 0.1) is 20.1 Å². The maximum atomic E-state index is 6.20. The van der Waals surface area contributed by atoms with Crippen molar-refractivity contribution in [2.75, 3.05) is 0 Å². The largest absolute Gasteiger partial charge is 0.0826 e. The smallest absolute Gasteiger partial charge is 0.0796 e. The molecule has 0 spiro atoms. The lowest BCUT2D eigenvalue weighted by Gasteiger charge is -2.11. The van der Waals surface area contributed by atoms with Crippen molar-refractivity contribution >= 4 is 46.4 Å². The first kappa shape index (κ1) is 14.0. The molecule has 0 bridgehead atoms. The van der Waals surface area contributed by atoms with E-state index in [-0.39, 0.29) is 0 Å². The van der Waals surface area contributed by atoms with E-state index in [1.54, 1.807) is 6.07 Å². The van der Waals surface area contributed by atoms with Crippen molar-refractivity contribution in [1.29, 1.82) is 0 Å². The zero-order chi connectivity index (χ0) is 13.3. The van der Waals surface area contributed by atoms with Gasteiger partial charge in [-0.1, -0.05) is 70.7 Å². The first-order valence-electron chi connectivity index (χ1n) is 5.37. The fraction of sp³-hybridized carbons (Fsp3) is 0.143. The van der Waals surface area contributed by atoms with E-state index in [0.717, 1.165) is 5.56 Å². The summed E-state index contributed by atoms with van der Waals surface area (Å²) in [4.78, 5) is 0. The molecule has 0 aromatic heterocycles. The van der Waals surface area contributed by atoms with Gasteiger partial charge < -0.3 is 0 Å². The first-order valence-corrected chi connectivity index (χ1v) is 6.88. The summed E-state index contributed by atoms with van der Waals surface area (Å²) in [5, 5.41) is 1.51. The van der Waals surface area contributed by atoms with Crippen LogP contribution in [0.1, 0.15) is 16.7 Å². The maximum Gasteiger partial charge on any atom is 0.0796 e. The second-order valence-electron chi connectivity index (χ2n) is 4.06. The van der Waals surface area contributed by atoms with Crippen LogP contribution in [0.3, 0.4) is 0 Å². The van der Waals surface area contributed by atoms with Gasteiger partial charge in [0.1, 0.15) is 0 Å². The minimum Gasteiger partial charge on any atom is -0.0826 e. The molecule has 0 heterocycles. The molecule has 0 atom stereocenters. The van der Waals surface area contributed by atoms with Crippen LogP contribution in [0, 0.1) is 6.92 Å². The van der Waals surface area contributed by atoms with Crippen molar-refractivity contribution in [3.63, 3.8) is 0 Å². The van der Waals surface area contributed by atoms with Gasteiger partial charge in [-0.05, 0) is 36.1 Å². The van der Waals surface area contributed by atoms with Crippen LogP contribution in [0.5, 0.6) is 0 Å². The molecule has 0 radical (unpaired) electrons. The zero-order valence-electron chi connectivity index (χ0n) is 9.61. The van der Waals surface area contributed by atoms with Crippen LogP contribution >= 0.6 is 46.4 Å². The molecular formula is C14H10Cl4. The van der Waals surface area contributed by atoms with Gasteiger partial charge in [-0.2, -0.15) is 0 Å². The van der Waals surface area contributed by atoms with E-state index < -0.39 is 0 Å². The fourth-order valence-electron chi connectivity index (χ4n) is 1.76. The molecule has 0 aliphatic rings. The maximum absolute atomic E-state index is 6.20. The van der Waals surface area contributed by atoms with Gasteiger partial charge in [0, 0.05) is 0 Å². The van der Waals surface area contributed by atoms with Crippen molar-refractivity contribution in [3.05, 3.63) is 67.1 Å². The second kappa shape index (κ2) is 5.71. The lowest BCUT2D eigenvalue weighted by atomic mass is 10.0. The predicted molar refractivity (Wildman–Crippen MR) is 80.5 cm³/mol. The van der Waals surface area contributed by atoms with Gasteiger partial charge in [-0.15, -0.1) is 0 Å². The Labute approximate surface area is 126 Å². The van der Waals surface area contributed by atoms with E-state index in [1.165, 1.54) is 11.1 Å². The van der Waals surface area contributed by atoms with E-state index >= 15 is 0 Å². The third kappa shape index (κ3) is 2.78. The predicted octanol–water partition coefficient (Wildman–Crippen LogP) is 6.20. The summed E-state index contributed by atoms with van der Waals surface area (Å²) in [5.41, 5.74) is 3.27. The molecule has 0 aliphatic carbocycles. The van der Waals surface area contributed by atoms with Crippen LogP contribution in [0.15, 0.2) is 30.3 Å². The van der Waals surface area contributed by atoms with Gasteiger partial charge >= 0.3 is 0 Å². The topological polar surface area (TPSA) is 0 Å². The first-order chi connectivity index (χ1) is 8.50. The standard InChI is InChI=1S/C14H10Cl4/c1-8-4-2-3-5-9(8)6-10-7-11(15)13(17)14(18)12(10)16/h2-5,7H,6H2,1H3. The Balaban J connectivity index is 2.45. The molecule has 0 aliphatic heterocycles. The second-order valence-corrected chi connectivity index (χ2v) is 5.60. The van der Waals surface area contributed by atoms with E-state index in [9.17, 15) is 0 Å². The van der Waals surface area contributed by atoms with Crippen molar-refractivity contribution in [3.8, 4) is 0 Å². The normalized spacial score (nSPS) is 10.7. The zero-order valence-corrected chi connectivity index (χ0v) is 12.6. The van der Waals surface area contributed by atoms with Crippen molar-refractivity contribution < 1.29 is 0 Å². The molecule has 0 amide bonds. The Bertz CT molecular complexity index is 591. The molecule has 0 saturated heterocycles. The fourth-order valence-corrected chi connectivity index (χ4v) is 2.68. The molecule has 4 heteroatoms. The van der Waals surface area contributed by atoms with Crippen molar-refractivity contribution in [2.45, 2.75) is 13.3 Å². The van der Waals surface area contributed by atoms with Gasteiger partial charge in [-0.25, -0.2) is 0 Å². The molecule has 94 valence electrons. The number of rotatable bonds is 2. The molecule has 0 saturated carbocycles. The summed E-state index contributed by atoms with van der Waals surface area (Å²) < 4.78 is 0. The Morgan fingerprint density at radius 1 is 0.833 bits per heavy atom. The van der Waals surface area contributed by atoms with Crippen molar-refractivity contribution in [2.24, 2.45) is 0 Å². The Hall–Kier alpha value is -0.400. The third-order valence-electron chi connectivity index (χ3n) is 2.82. The summed E-state index contributed by atoms with van der Waals surface area (Å²) >= 11 is 24.2. The Kier molecular flexibility index (Phi) is 4.45. The highest BCUT2D eigenvalue weighted by molar-refractivity contribution is 6.52. The quantitative estimate of drug-likeness (QED) is 0.456. The van der Waals surface area contributed by atoms with Crippen LogP contribution in [0.25, 0.3) is 0 Å². The molecule has 0 fully saturated rings. The number of hydrogen-bond donors (Lipinski definition) is 0. The molecule has 0 N–H and O–H groups in total.